The Morgan fingerprint density at radius 1 is 1.22 bits per heavy atom. The summed E-state index contributed by atoms with van der Waals surface area (Å²) in [6, 6.07) is 3.65. The predicted octanol–water partition coefficient (Wildman–Crippen LogP) is 1.64. The van der Waals surface area contributed by atoms with Gasteiger partial charge in [0.2, 0.25) is 0 Å². The molecule has 0 aliphatic carbocycles. The highest BCUT2D eigenvalue weighted by Crippen LogP contribution is 2.36. The molecule has 2 rings (SSSR count). The fourth-order valence-electron chi connectivity index (χ4n) is 1.77. The van der Waals surface area contributed by atoms with Crippen LogP contribution in [0, 0.1) is 0 Å². The summed E-state index contributed by atoms with van der Waals surface area (Å²) in [5, 5.41) is 9.17. The Morgan fingerprint density at radius 2 is 1.78 bits per heavy atom. The van der Waals surface area contributed by atoms with Crippen molar-refractivity contribution in [3.05, 3.63) is 22.4 Å². The monoisotopic (exact) mass is 313 g/mol. The zero-order valence-corrected chi connectivity index (χ0v) is 12.6. The molecule has 18 heavy (non-hydrogen) atoms. The number of halogens is 1. The number of hydrogen-bond donors (Lipinski definition) is 1. The molecule has 1 N–H and O–H groups in total. The van der Waals surface area contributed by atoms with Crippen molar-refractivity contribution in [1.82, 2.24) is 4.98 Å². The van der Waals surface area contributed by atoms with Crippen molar-refractivity contribution in [3.63, 3.8) is 0 Å². The van der Waals surface area contributed by atoms with Crippen LogP contribution < -0.4 is 5.46 Å². The number of aliphatic hydroxyl groups is 1. The summed E-state index contributed by atoms with van der Waals surface area (Å²) in [7, 11) is -0.431. The number of hydrogen-bond acceptors (Lipinski definition) is 4. The second-order valence-corrected chi connectivity index (χ2v) is 6.27. The number of pyridine rings is 1. The molecular weight excluding hydrogens is 297 g/mol. The SMILES string of the molecule is CC1(C)OB(c2cc(Br)nc(CO)c2)OC1(C)C. The van der Waals surface area contributed by atoms with Gasteiger partial charge in [-0.05, 0) is 61.2 Å². The minimum absolute atomic E-state index is 0.105. The maximum absolute atomic E-state index is 9.17. The summed E-state index contributed by atoms with van der Waals surface area (Å²) >= 11 is 3.32. The molecule has 98 valence electrons. The second-order valence-electron chi connectivity index (χ2n) is 5.46. The van der Waals surface area contributed by atoms with Crippen LogP contribution in [0.2, 0.25) is 0 Å². The minimum Gasteiger partial charge on any atom is -0.399 e. The third-order valence-electron chi connectivity index (χ3n) is 3.56. The molecule has 0 unspecified atom stereocenters. The number of rotatable bonds is 2. The van der Waals surface area contributed by atoms with E-state index in [1.165, 1.54) is 0 Å². The number of nitrogens with zero attached hydrogens (tertiary/aromatic N) is 1. The topological polar surface area (TPSA) is 51.6 Å². The standard InChI is InChI=1S/C12H17BBrNO3/c1-11(2)12(3,4)18-13(17-11)8-5-9(7-16)15-10(14)6-8/h5-6,16H,7H2,1-4H3. The molecule has 0 bridgehead atoms. The molecule has 1 fully saturated rings. The minimum atomic E-state index is -0.431. The first-order chi connectivity index (χ1) is 8.25. The smallest absolute Gasteiger partial charge is 0.399 e. The van der Waals surface area contributed by atoms with Crippen LogP contribution >= 0.6 is 15.9 Å². The van der Waals surface area contributed by atoms with E-state index in [4.69, 9.17) is 14.4 Å². The molecule has 2 heterocycles. The Morgan fingerprint density at radius 3 is 2.28 bits per heavy atom. The normalized spacial score (nSPS) is 21.3. The van der Waals surface area contributed by atoms with E-state index < -0.39 is 7.12 Å². The van der Waals surface area contributed by atoms with Crippen LogP contribution in [-0.2, 0) is 15.9 Å². The summed E-state index contributed by atoms with van der Waals surface area (Å²) in [5.41, 5.74) is 0.716. The Balaban J connectivity index is 2.32. The molecule has 0 radical (unpaired) electrons. The first-order valence-corrected chi connectivity index (χ1v) is 6.67. The highest BCUT2D eigenvalue weighted by atomic mass is 79.9. The molecule has 0 atom stereocenters. The Kier molecular flexibility index (Phi) is 3.57. The molecule has 0 amide bonds. The maximum atomic E-state index is 9.17. The van der Waals surface area contributed by atoms with E-state index >= 15 is 0 Å². The zero-order chi connectivity index (χ0) is 13.6. The lowest BCUT2D eigenvalue weighted by Crippen LogP contribution is -2.41. The first-order valence-electron chi connectivity index (χ1n) is 5.88. The van der Waals surface area contributed by atoms with E-state index in [1.807, 2.05) is 33.8 Å². The highest BCUT2D eigenvalue weighted by molar-refractivity contribution is 9.10. The van der Waals surface area contributed by atoms with E-state index in [0.29, 0.717) is 10.3 Å². The van der Waals surface area contributed by atoms with E-state index in [-0.39, 0.29) is 17.8 Å². The third-order valence-corrected chi connectivity index (χ3v) is 3.96. The van der Waals surface area contributed by atoms with Gasteiger partial charge in [-0.25, -0.2) is 4.98 Å². The van der Waals surface area contributed by atoms with Crippen molar-refractivity contribution in [2.75, 3.05) is 0 Å². The van der Waals surface area contributed by atoms with Gasteiger partial charge >= 0.3 is 7.12 Å². The molecule has 0 aromatic carbocycles. The molecular formula is C12H17BBrNO3. The summed E-state index contributed by atoms with van der Waals surface area (Å²) in [5.74, 6) is 0. The molecule has 1 aromatic heterocycles. The summed E-state index contributed by atoms with van der Waals surface area (Å²) in [6.07, 6.45) is 0. The number of aromatic nitrogens is 1. The van der Waals surface area contributed by atoms with Crippen LogP contribution in [0.4, 0.5) is 0 Å². The number of aliphatic hydroxyl groups excluding tert-OH is 1. The van der Waals surface area contributed by atoms with Gasteiger partial charge < -0.3 is 14.4 Å². The van der Waals surface area contributed by atoms with Crippen LogP contribution in [0.25, 0.3) is 0 Å². The van der Waals surface area contributed by atoms with E-state index in [9.17, 15) is 0 Å². The van der Waals surface area contributed by atoms with E-state index in [2.05, 4.69) is 20.9 Å². The van der Waals surface area contributed by atoms with Gasteiger partial charge in [0.25, 0.3) is 0 Å². The van der Waals surface area contributed by atoms with Gasteiger partial charge in [-0.15, -0.1) is 0 Å². The third kappa shape index (κ3) is 2.47. The van der Waals surface area contributed by atoms with Crippen molar-refractivity contribution < 1.29 is 14.4 Å². The zero-order valence-electron chi connectivity index (χ0n) is 11.0. The quantitative estimate of drug-likeness (QED) is 0.666. The Labute approximate surface area is 116 Å². The van der Waals surface area contributed by atoms with Gasteiger partial charge in [-0.1, -0.05) is 0 Å². The van der Waals surface area contributed by atoms with Gasteiger partial charge in [0.1, 0.15) is 4.60 Å². The predicted molar refractivity (Wildman–Crippen MR) is 73.6 cm³/mol. The molecule has 1 aliphatic heterocycles. The Hall–Kier alpha value is -0.425. The lowest BCUT2D eigenvalue weighted by atomic mass is 9.79. The Bertz CT molecular complexity index is 449. The van der Waals surface area contributed by atoms with Crippen molar-refractivity contribution >= 4 is 28.5 Å². The summed E-state index contributed by atoms with van der Waals surface area (Å²) in [4.78, 5) is 4.15. The average Bonchev–Trinajstić information content (AvgIpc) is 2.47. The summed E-state index contributed by atoms with van der Waals surface area (Å²) < 4.78 is 12.6. The molecule has 0 saturated carbocycles. The first kappa shape index (κ1) is 14.0. The molecule has 0 spiro atoms. The molecule has 6 heteroatoms. The van der Waals surface area contributed by atoms with Crippen LogP contribution in [-0.4, -0.2) is 28.4 Å². The van der Waals surface area contributed by atoms with Crippen LogP contribution in [0.1, 0.15) is 33.4 Å². The molecule has 1 aliphatic rings. The lowest BCUT2D eigenvalue weighted by Gasteiger charge is -2.32. The van der Waals surface area contributed by atoms with Crippen molar-refractivity contribution in [2.45, 2.75) is 45.5 Å². The summed E-state index contributed by atoms with van der Waals surface area (Å²) in [6.45, 7) is 7.94. The van der Waals surface area contributed by atoms with Gasteiger partial charge in [0.15, 0.2) is 0 Å². The van der Waals surface area contributed by atoms with E-state index in [1.54, 1.807) is 6.07 Å². The molecule has 1 saturated heterocycles. The van der Waals surface area contributed by atoms with Crippen LogP contribution in [0.3, 0.4) is 0 Å². The van der Waals surface area contributed by atoms with Gasteiger partial charge in [-0.3, -0.25) is 0 Å². The van der Waals surface area contributed by atoms with Gasteiger partial charge in [-0.2, -0.15) is 0 Å². The second kappa shape index (κ2) is 4.60. The fraction of sp³-hybridized carbons (Fsp3) is 0.583. The van der Waals surface area contributed by atoms with Gasteiger partial charge in [0.05, 0.1) is 23.5 Å². The van der Waals surface area contributed by atoms with Crippen LogP contribution in [0.15, 0.2) is 16.7 Å². The fourth-order valence-corrected chi connectivity index (χ4v) is 2.26. The highest BCUT2D eigenvalue weighted by Gasteiger charge is 2.51. The largest absolute Gasteiger partial charge is 0.494 e. The van der Waals surface area contributed by atoms with Crippen molar-refractivity contribution in [1.29, 1.82) is 0 Å². The average molecular weight is 314 g/mol. The van der Waals surface area contributed by atoms with Crippen molar-refractivity contribution in [2.24, 2.45) is 0 Å². The maximum Gasteiger partial charge on any atom is 0.494 e. The van der Waals surface area contributed by atoms with Crippen LogP contribution in [0.5, 0.6) is 0 Å². The van der Waals surface area contributed by atoms with Crippen molar-refractivity contribution in [3.8, 4) is 0 Å². The molecule has 1 aromatic rings. The molecule has 4 nitrogen and oxygen atoms in total. The van der Waals surface area contributed by atoms with E-state index in [0.717, 1.165) is 5.46 Å². The lowest BCUT2D eigenvalue weighted by molar-refractivity contribution is 0.00578. The van der Waals surface area contributed by atoms with Gasteiger partial charge in [0, 0.05) is 0 Å².